The van der Waals surface area contributed by atoms with E-state index in [0.29, 0.717) is 0 Å². The van der Waals surface area contributed by atoms with Crippen molar-refractivity contribution in [2.45, 2.75) is 23.5 Å². The van der Waals surface area contributed by atoms with E-state index in [2.05, 4.69) is 0 Å². The summed E-state index contributed by atoms with van der Waals surface area (Å²) >= 11 is 0. The number of rotatable bonds is 4. The first kappa shape index (κ1) is 20.3. The zero-order valence-corrected chi connectivity index (χ0v) is 11.7. The molecule has 0 aliphatic rings. The maximum absolute atomic E-state index is 12.2. The van der Waals surface area contributed by atoms with Gasteiger partial charge in [-0.1, -0.05) is 0 Å². The average molecular weight is 322 g/mol. The van der Waals surface area contributed by atoms with Crippen molar-refractivity contribution in [3.05, 3.63) is 0 Å². The predicted octanol–water partition coefficient (Wildman–Crippen LogP) is -0.881. The summed E-state index contributed by atoms with van der Waals surface area (Å²) < 4.78 is 123. The molecule has 100 valence electrons. The van der Waals surface area contributed by atoms with Crippen LogP contribution in [0.3, 0.4) is 0 Å². The Bertz CT molecular complexity index is 371. The van der Waals surface area contributed by atoms with E-state index in [1.54, 1.807) is 0 Å². The van der Waals surface area contributed by atoms with Gasteiger partial charge in [-0.25, -0.2) is 8.78 Å². The van der Waals surface area contributed by atoms with Gasteiger partial charge >= 0.3 is 85.0 Å². The van der Waals surface area contributed by atoms with E-state index in [4.69, 9.17) is 4.55 Å². The molecule has 0 aliphatic heterocycles. The quantitative estimate of drug-likeness (QED) is 0.415. The van der Waals surface area contributed by atoms with E-state index in [1.165, 1.54) is 0 Å². The van der Waals surface area contributed by atoms with E-state index in [-0.39, 0.29) is 52.8 Å². The molecule has 0 saturated heterocycles. The molecule has 0 rings (SSSR count). The molecule has 0 unspecified atom stereocenters. The Morgan fingerprint density at radius 3 is 1.47 bits per heavy atom. The van der Waals surface area contributed by atoms with Crippen molar-refractivity contribution >= 4 is 10.1 Å². The summed E-state index contributed by atoms with van der Waals surface area (Å²) in [6, 6.07) is 0. The molecular formula is C4H3F8KO3S. The molecule has 0 aromatic carbocycles. The van der Waals surface area contributed by atoms with Gasteiger partial charge in [-0.15, -0.1) is 0 Å². The van der Waals surface area contributed by atoms with Crippen LogP contribution in [0.1, 0.15) is 1.43 Å². The molecule has 0 saturated carbocycles. The topological polar surface area (TPSA) is 54.4 Å². The molecule has 0 aromatic heterocycles. The molecule has 0 radical (unpaired) electrons. The van der Waals surface area contributed by atoms with Gasteiger partial charge < -0.3 is 1.43 Å². The van der Waals surface area contributed by atoms with Crippen LogP contribution in [0.4, 0.5) is 35.1 Å². The van der Waals surface area contributed by atoms with Gasteiger partial charge in [-0.3, -0.25) is 4.55 Å². The molecule has 13 heteroatoms. The second kappa shape index (κ2) is 5.54. The van der Waals surface area contributed by atoms with Crippen molar-refractivity contribution in [3.8, 4) is 0 Å². The molecule has 1 N–H and O–H groups in total. The standard InChI is InChI=1S/C4H2F8O3S.K.H/c5-1(6)2(7,8)3(9,10)4(11,12)16(13,14)15;;/h1H,(H,13,14,15);;/q;+1;-1. The normalized spacial score (nSPS) is 14.7. The van der Waals surface area contributed by atoms with Crippen LogP contribution in [-0.4, -0.2) is 36.5 Å². The van der Waals surface area contributed by atoms with Gasteiger partial charge in [0.1, 0.15) is 0 Å². The summed E-state index contributed by atoms with van der Waals surface area (Å²) in [5.41, 5.74) is 0. The second-order valence-electron chi connectivity index (χ2n) is 2.49. The number of halogens is 8. The SMILES string of the molecule is O=S(=O)(O)C(F)(F)C(F)(F)C(F)(F)C(F)F.[H-].[K+]. The minimum atomic E-state index is -6.97. The number of hydrogen-bond donors (Lipinski definition) is 1. The van der Waals surface area contributed by atoms with Crippen LogP contribution in [-0.2, 0) is 10.1 Å². The van der Waals surface area contributed by atoms with Gasteiger partial charge in [0.2, 0.25) is 0 Å². The van der Waals surface area contributed by atoms with Crippen LogP contribution in [0.5, 0.6) is 0 Å². The second-order valence-corrected chi connectivity index (χ2v) is 3.95. The Kier molecular flexibility index (Phi) is 6.62. The van der Waals surface area contributed by atoms with E-state index in [9.17, 15) is 43.5 Å². The fourth-order valence-electron chi connectivity index (χ4n) is 0.493. The summed E-state index contributed by atoms with van der Waals surface area (Å²) in [5, 5.41) is -6.74. The monoisotopic (exact) mass is 322 g/mol. The van der Waals surface area contributed by atoms with Gasteiger partial charge in [0.05, 0.1) is 0 Å². The zero-order chi connectivity index (χ0) is 13.6. The van der Waals surface area contributed by atoms with Gasteiger partial charge in [0.25, 0.3) is 0 Å². The maximum atomic E-state index is 12.2. The molecule has 17 heavy (non-hydrogen) atoms. The van der Waals surface area contributed by atoms with E-state index in [0.717, 1.165) is 0 Å². The fraction of sp³-hybridized carbons (Fsp3) is 1.00. The molecular weight excluding hydrogens is 319 g/mol. The van der Waals surface area contributed by atoms with Gasteiger partial charge in [-0.2, -0.15) is 34.8 Å². The first-order valence-corrected chi connectivity index (χ1v) is 4.52. The molecule has 0 aromatic rings. The largest absolute Gasteiger partial charge is 1.00 e. The summed E-state index contributed by atoms with van der Waals surface area (Å²) in [5.74, 6) is -13.6. The van der Waals surface area contributed by atoms with Crippen LogP contribution in [0.2, 0.25) is 0 Å². The zero-order valence-electron chi connectivity index (χ0n) is 8.77. The third-order valence-corrected chi connectivity index (χ3v) is 2.29. The van der Waals surface area contributed by atoms with Crippen LogP contribution in [0.15, 0.2) is 0 Å². The molecule has 0 aliphatic carbocycles. The van der Waals surface area contributed by atoms with Crippen molar-refractivity contribution in [1.82, 2.24) is 0 Å². The Morgan fingerprint density at radius 1 is 1.00 bits per heavy atom. The molecule has 0 atom stereocenters. The number of alkyl halides is 8. The molecule has 3 nitrogen and oxygen atoms in total. The van der Waals surface area contributed by atoms with Crippen molar-refractivity contribution in [3.63, 3.8) is 0 Å². The first-order valence-electron chi connectivity index (χ1n) is 3.08. The Hall–Kier alpha value is 0.986. The van der Waals surface area contributed by atoms with Gasteiger partial charge in [0.15, 0.2) is 0 Å². The molecule has 0 bridgehead atoms. The summed E-state index contributed by atoms with van der Waals surface area (Å²) in [7, 11) is -6.97. The summed E-state index contributed by atoms with van der Waals surface area (Å²) in [6.07, 6.45) is -5.24. The smallest absolute Gasteiger partial charge is 1.00 e. The minimum Gasteiger partial charge on any atom is -1.00 e. The van der Waals surface area contributed by atoms with Crippen molar-refractivity contribution in [1.29, 1.82) is 0 Å². The summed E-state index contributed by atoms with van der Waals surface area (Å²) in [6.45, 7) is 0. The van der Waals surface area contributed by atoms with Crippen molar-refractivity contribution < 1.29 is 101 Å². The third-order valence-electron chi connectivity index (χ3n) is 1.38. The molecule has 0 heterocycles. The Balaban J connectivity index is -0.00000112. The van der Waals surface area contributed by atoms with Crippen molar-refractivity contribution in [2.75, 3.05) is 0 Å². The average Bonchev–Trinajstić information content (AvgIpc) is 2.00. The summed E-state index contributed by atoms with van der Waals surface area (Å²) in [4.78, 5) is 0. The predicted molar refractivity (Wildman–Crippen MR) is 33.5 cm³/mol. The molecule has 0 amide bonds. The van der Waals surface area contributed by atoms with Crippen LogP contribution in [0.25, 0.3) is 0 Å². The number of hydrogen-bond acceptors (Lipinski definition) is 2. The van der Waals surface area contributed by atoms with Gasteiger partial charge in [-0.05, 0) is 0 Å². The maximum Gasteiger partial charge on any atom is 1.00 e. The molecule has 0 fully saturated rings. The fourth-order valence-corrected chi connectivity index (χ4v) is 0.953. The van der Waals surface area contributed by atoms with E-state index in [1.807, 2.05) is 0 Å². The van der Waals surface area contributed by atoms with Crippen LogP contribution in [0, 0.1) is 0 Å². The van der Waals surface area contributed by atoms with Crippen LogP contribution < -0.4 is 51.4 Å². The Morgan fingerprint density at radius 2 is 1.29 bits per heavy atom. The van der Waals surface area contributed by atoms with Crippen LogP contribution >= 0.6 is 0 Å². The Labute approximate surface area is 133 Å². The van der Waals surface area contributed by atoms with E-state index < -0.39 is 33.6 Å². The van der Waals surface area contributed by atoms with Crippen molar-refractivity contribution in [2.24, 2.45) is 0 Å². The minimum absolute atomic E-state index is 0. The van der Waals surface area contributed by atoms with E-state index >= 15 is 0 Å². The first-order chi connectivity index (χ1) is 6.69. The third kappa shape index (κ3) is 3.30. The van der Waals surface area contributed by atoms with Gasteiger partial charge in [0, 0.05) is 0 Å². The molecule has 0 spiro atoms.